The van der Waals surface area contributed by atoms with Gasteiger partial charge < -0.3 is 15.0 Å². The number of methoxy groups -OCH3 is 1. The van der Waals surface area contributed by atoms with Crippen LogP contribution in [0.3, 0.4) is 0 Å². The van der Waals surface area contributed by atoms with E-state index in [0.29, 0.717) is 40.2 Å². The van der Waals surface area contributed by atoms with Crippen LogP contribution >= 0.6 is 23.2 Å². The molecule has 0 spiro atoms. The Morgan fingerprint density at radius 2 is 1.78 bits per heavy atom. The molecule has 10 heteroatoms. The van der Waals surface area contributed by atoms with Crippen LogP contribution in [-0.4, -0.2) is 45.5 Å². The van der Waals surface area contributed by atoms with Gasteiger partial charge in [-0.1, -0.05) is 23.2 Å². The van der Waals surface area contributed by atoms with Crippen molar-refractivity contribution in [3.63, 3.8) is 0 Å². The van der Waals surface area contributed by atoms with Crippen molar-refractivity contribution in [1.29, 1.82) is 0 Å². The van der Waals surface area contributed by atoms with Crippen molar-refractivity contribution in [3.8, 4) is 11.4 Å². The van der Waals surface area contributed by atoms with Crippen molar-refractivity contribution >= 4 is 35.0 Å². The summed E-state index contributed by atoms with van der Waals surface area (Å²) in [5.74, 6) is 0.505. The normalized spacial score (nSPS) is 15.8. The number of hydrogen-bond donors (Lipinski definition) is 1. The minimum atomic E-state index is -0.333. The number of nitrogens with zero attached hydrogens (tertiary/aromatic N) is 3. The van der Waals surface area contributed by atoms with Crippen LogP contribution in [0.1, 0.15) is 46.3 Å². The lowest BCUT2D eigenvalue weighted by molar-refractivity contribution is 0.0706. The zero-order valence-electron chi connectivity index (χ0n) is 20.0. The molecular formula is C26H26Cl2N4O4. The number of rotatable bonds is 6. The largest absolute Gasteiger partial charge is 0.497 e. The van der Waals surface area contributed by atoms with Gasteiger partial charge >= 0.3 is 5.69 Å². The summed E-state index contributed by atoms with van der Waals surface area (Å²) in [6, 6.07) is 11.7. The molecule has 1 aromatic heterocycles. The second kappa shape index (κ2) is 9.67. The van der Waals surface area contributed by atoms with Crippen LogP contribution in [0.15, 0.2) is 47.3 Å². The molecule has 5 rings (SSSR count). The highest BCUT2D eigenvalue weighted by Crippen LogP contribution is 2.33. The molecule has 1 aliphatic heterocycles. The number of fused-ring (bicyclic) bond motifs is 1. The smallest absolute Gasteiger partial charge is 0.333 e. The van der Waals surface area contributed by atoms with E-state index >= 15 is 0 Å². The number of benzene rings is 2. The maximum Gasteiger partial charge on any atom is 0.333 e. The first-order chi connectivity index (χ1) is 17.3. The summed E-state index contributed by atoms with van der Waals surface area (Å²) in [6.07, 6.45) is 2.15. The third-order valence-electron chi connectivity index (χ3n) is 6.87. The number of aromatic nitrogens is 2. The molecule has 0 saturated heterocycles. The fraction of sp³-hybridized carbons (Fsp3) is 0.346. The van der Waals surface area contributed by atoms with E-state index in [1.807, 2.05) is 6.92 Å². The SMILES string of the molecule is COc1ccc(-n2c(C(=O)N[C@@H](C)C3CC3)c3n(c2=O)CCN(C(=O)c2ccc(Cl)c(Cl)c2)C3)cc1. The number of nitrogens with one attached hydrogen (secondary N) is 1. The third kappa shape index (κ3) is 4.51. The summed E-state index contributed by atoms with van der Waals surface area (Å²) in [5.41, 5.74) is 1.36. The van der Waals surface area contributed by atoms with E-state index in [0.717, 1.165) is 12.8 Å². The van der Waals surface area contributed by atoms with Crippen molar-refractivity contribution in [2.75, 3.05) is 13.7 Å². The van der Waals surface area contributed by atoms with Crippen LogP contribution in [0.4, 0.5) is 0 Å². The molecule has 2 aromatic carbocycles. The van der Waals surface area contributed by atoms with Crippen molar-refractivity contribution in [3.05, 3.63) is 79.9 Å². The lowest BCUT2D eigenvalue weighted by Gasteiger charge is -2.28. The van der Waals surface area contributed by atoms with Gasteiger partial charge in [0.1, 0.15) is 11.4 Å². The molecule has 3 aromatic rings. The minimum absolute atomic E-state index is 0.00926. The van der Waals surface area contributed by atoms with Gasteiger partial charge in [0.05, 0.1) is 35.1 Å². The van der Waals surface area contributed by atoms with Gasteiger partial charge in [0.25, 0.3) is 11.8 Å². The van der Waals surface area contributed by atoms with Crippen molar-refractivity contribution in [2.45, 2.75) is 38.9 Å². The number of carbonyl (C=O) groups is 2. The topological polar surface area (TPSA) is 85.6 Å². The molecule has 2 heterocycles. The molecule has 1 fully saturated rings. The lowest BCUT2D eigenvalue weighted by atomic mass is 10.1. The molecule has 188 valence electrons. The van der Waals surface area contributed by atoms with Crippen molar-refractivity contribution < 1.29 is 14.3 Å². The Labute approximate surface area is 218 Å². The Morgan fingerprint density at radius 3 is 2.42 bits per heavy atom. The molecule has 0 bridgehead atoms. The van der Waals surface area contributed by atoms with Gasteiger partial charge in [-0.25, -0.2) is 4.79 Å². The molecule has 1 saturated carbocycles. The summed E-state index contributed by atoms with van der Waals surface area (Å²) in [4.78, 5) is 42.0. The highest BCUT2D eigenvalue weighted by Gasteiger charge is 2.35. The molecule has 1 atom stereocenters. The van der Waals surface area contributed by atoms with Gasteiger partial charge in [-0.3, -0.25) is 18.7 Å². The van der Waals surface area contributed by atoms with Crippen LogP contribution in [0, 0.1) is 5.92 Å². The van der Waals surface area contributed by atoms with Gasteiger partial charge in [-0.2, -0.15) is 0 Å². The van der Waals surface area contributed by atoms with Crippen LogP contribution in [0.2, 0.25) is 10.0 Å². The summed E-state index contributed by atoms with van der Waals surface area (Å²) < 4.78 is 8.26. The summed E-state index contributed by atoms with van der Waals surface area (Å²) in [5, 5.41) is 3.72. The quantitative estimate of drug-likeness (QED) is 0.520. The van der Waals surface area contributed by atoms with E-state index in [1.54, 1.807) is 53.0 Å². The van der Waals surface area contributed by atoms with E-state index in [-0.39, 0.29) is 47.4 Å². The van der Waals surface area contributed by atoms with Gasteiger partial charge in [-0.05, 0) is 68.1 Å². The molecule has 2 aliphatic rings. The Morgan fingerprint density at radius 1 is 1.06 bits per heavy atom. The van der Waals surface area contributed by atoms with E-state index < -0.39 is 0 Å². The lowest BCUT2D eigenvalue weighted by Crippen LogP contribution is -2.41. The number of amides is 2. The number of carbonyl (C=O) groups excluding carboxylic acids is 2. The summed E-state index contributed by atoms with van der Waals surface area (Å²) in [6.45, 7) is 2.67. The van der Waals surface area contributed by atoms with Gasteiger partial charge in [0.2, 0.25) is 0 Å². The molecule has 1 N–H and O–H groups in total. The first-order valence-corrected chi connectivity index (χ1v) is 12.6. The maximum absolute atomic E-state index is 13.6. The Kier molecular flexibility index (Phi) is 6.57. The summed E-state index contributed by atoms with van der Waals surface area (Å²) >= 11 is 12.1. The number of ether oxygens (including phenoxy) is 1. The average molecular weight is 529 g/mol. The standard InChI is InChI=1S/C26H26Cl2N4O4/c1-15(16-3-4-16)29-24(33)23-22-14-30(25(34)17-5-10-20(27)21(28)13-17)11-12-31(22)26(35)32(23)18-6-8-19(36-2)9-7-18/h5-10,13,15-16H,3-4,11-12,14H2,1-2H3,(H,29,33)/t15-/m0/s1. The number of imidazole rings is 1. The molecule has 2 amide bonds. The molecule has 36 heavy (non-hydrogen) atoms. The molecule has 1 aliphatic carbocycles. The van der Waals surface area contributed by atoms with Gasteiger partial charge in [0, 0.05) is 24.7 Å². The van der Waals surface area contributed by atoms with Gasteiger partial charge in [-0.15, -0.1) is 0 Å². The Hall–Kier alpha value is -3.23. The fourth-order valence-corrected chi connectivity index (χ4v) is 4.94. The zero-order chi connectivity index (χ0) is 25.6. The summed E-state index contributed by atoms with van der Waals surface area (Å²) in [7, 11) is 1.57. The van der Waals surface area contributed by atoms with Crippen molar-refractivity contribution in [1.82, 2.24) is 19.4 Å². The number of halogens is 2. The highest BCUT2D eigenvalue weighted by atomic mass is 35.5. The Bertz CT molecular complexity index is 1390. The first kappa shape index (κ1) is 24.5. The second-order valence-electron chi connectivity index (χ2n) is 9.22. The molecular weight excluding hydrogens is 503 g/mol. The van der Waals surface area contributed by atoms with E-state index in [1.165, 1.54) is 10.6 Å². The highest BCUT2D eigenvalue weighted by molar-refractivity contribution is 6.42. The van der Waals surface area contributed by atoms with Crippen LogP contribution in [-0.2, 0) is 13.1 Å². The van der Waals surface area contributed by atoms with Crippen LogP contribution < -0.4 is 15.7 Å². The molecule has 0 radical (unpaired) electrons. The maximum atomic E-state index is 13.6. The Balaban J connectivity index is 1.55. The molecule has 0 unspecified atom stereocenters. The monoisotopic (exact) mass is 528 g/mol. The van der Waals surface area contributed by atoms with E-state index in [4.69, 9.17) is 27.9 Å². The third-order valence-corrected chi connectivity index (χ3v) is 7.61. The van der Waals surface area contributed by atoms with Crippen molar-refractivity contribution in [2.24, 2.45) is 5.92 Å². The fourth-order valence-electron chi connectivity index (χ4n) is 4.64. The van der Waals surface area contributed by atoms with Crippen LogP contribution in [0.25, 0.3) is 5.69 Å². The second-order valence-corrected chi connectivity index (χ2v) is 10.0. The predicted octanol–water partition coefficient (Wildman–Crippen LogP) is 4.14. The average Bonchev–Trinajstić information content (AvgIpc) is 3.69. The zero-order valence-corrected chi connectivity index (χ0v) is 21.5. The molecule has 8 nitrogen and oxygen atoms in total. The number of hydrogen-bond acceptors (Lipinski definition) is 4. The van der Waals surface area contributed by atoms with Gasteiger partial charge in [0.15, 0.2) is 0 Å². The predicted molar refractivity (Wildman–Crippen MR) is 137 cm³/mol. The van der Waals surface area contributed by atoms with E-state index in [2.05, 4.69) is 5.32 Å². The minimum Gasteiger partial charge on any atom is -0.497 e. The van der Waals surface area contributed by atoms with Crippen LogP contribution in [0.5, 0.6) is 5.75 Å². The van der Waals surface area contributed by atoms with E-state index in [9.17, 15) is 14.4 Å². The first-order valence-electron chi connectivity index (χ1n) is 11.8.